The van der Waals surface area contributed by atoms with Gasteiger partial charge in [0.05, 0.1) is 7.11 Å². The molecule has 0 saturated heterocycles. The highest BCUT2D eigenvalue weighted by Gasteiger charge is 2.12. The number of nitrogens with two attached hydrogens (primary N) is 1. The lowest BCUT2D eigenvalue weighted by Gasteiger charge is -2.06. The number of ether oxygens (including phenoxy) is 2. The van der Waals surface area contributed by atoms with Gasteiger partial charge in [-0.2, -0.15) is 0 Å². The first-order chi connectivity index (χ1) is 10.6. The Kier molecular flexibility index (Phi) is 4.97. The number of hydrogen-bond donors (Lipinski definition) is 1. The van der Waals surface area contributed by atoms with Crippen LogP contribution in [0.25, 0.3) is 0 Å². The minimum atomic E-state index is -0.760. The summed E-state index contributed by atoms with van der Waals surface area (Å²) in [7, 11) is 1.57. The van der Waals surface area contributed by atoms with Gasteiger partial charge in [-0.3, -0.25) is 0 Å². The van der Waals surface area contributed by atoms with E-state index < -0.39 is 5.97 Å². The average molecular weight is 305 g/mol. The molecule has 0 aliphatic rings. The summed E-state index contributed by atoms with van der Waals surface area (Å²) < 4.78 is 15.2. The highest BCUT2D eigenvalue weighted by molar-refractivity contribution is 5.88. The van der Waals surface area contributed by atoms with Crippen LogP contribution in [-0.4, -0.2) is 30.7 Å². The third-order valence-corrected chi connectivity index (χ3v) is 2.53. The number of aryl methyl sites for hydroxylation is 1. The van der Waals surface area contributed by atoms with Crippen LogP contribution >= 0.6 is 0 Å². The van der Waals surface area contributed by atoms with Crippen molar-refractivity contribution in [2.75, 3.05) is 13.7 Å². The van der Waals surface area contributed by atoms with Gasteiger partial charge in [0.25, 0.3) is 0 Å². The number of hydrogen-bond acceptors (Lipinski definition) is 7. The maximum atomic E-state index is 11.5. The van der Waals surface area contributed by atoms with E-state index in [-0.39, 0.29) is 18.1 Å². The van der Waals surface area contributed by atoms with E-state index in [1.54, 1.807) is 38.3 Å². The molecule has 0 radical (unpaired) electrons. The van der Waals surface area contributed by atoms with Crippen molar-refractivity contribution in [3.63, 3.8) is 0 Å². The monoisotopic (exact) mass is 305 g/mol. The summed E-state index contributed by atoms with van der Waals surface area (Å²) in [5.74, 6) is 1.03. The molecule has 2 N–H and O–H groups in total. The fraction of sp³-hybridized carbons (Fsp3) is 0.214. The predicted molar refractivity (Wildman–Crippen MR) is 76.8 cm³/mol. The SMILES string of the molecule is COc1ccc(OCC(N)=NOC(=O)c2cc(C)on2)cc1. The van der Waals surface area contributed by atoms with Gasteiger partial charge < -0.3 is 24.6 Å². The lowest BCUT2D eigenvalue weighted by Crippen LogP contribution is -2.22. The van der Waals surface area contributed by atoms with Gasteiger partial charge in [-0.15, -0.1) is 0 Å². The third kappa shape index (κ3) is 4.23. The Morgan fingerprint density at radius 1 is 1.32 bits per heavy atom. The number of aromatic nitrogens is 1. The number of rotatable bonds is 6. The van der Waals surface area contributed by atoms with E-state index in [0.717, 1.165) is 0 Å². The Bertz CT molecular complexity index is 663. The summed E-state index contributed by atoms with van der Waals surface area (Å²) in [6.07, 6.45) is 0. The number of oxime groups is 1. The Hall–Kier alpha value is -3.03. The van der Waals surface area contributed by atoms with E-state index in [0.29, 0.717) is 17.3 Å². The van der Waals surface area contributed by atoms with Crippen LogP contribution in [0.15, 0.2) is 40.0 Å². The lowest BCUT2D eigenvalue weighted by atomic mass is 10.3. The number of nitrogens with zero attached hydrogens (tertiary/aromatic N) is 2. The maximum Gasteiger partial charge on any atom is 0.387 e. The van der Waals surface area contributed by atoms with Crippen LogP contribution in [0.5, 0.6) is 11.5 Å². The summed E-state index contributed by atoms with van der Waals surface area (Å²) in [5.41, 5.74) is 5.61. The first kappa shape index (κ1) is 15.4. The van der Waals surface area contributed by atoms with Crippen LogP contribution in [0.4, 0.5) is 0 Å². The molecule has 0 fully saturated rings. The van der Waals surface area contributed by atoms with Gasteiger partial charge in [0.1, 0.15) is 23.9 Å². The van der Waals surface area contributed by atoms with Gasteiger partial charge in [-0.1, -0.05) is 10.3 Å². The van der Waals surface area contributed by atoms with Crippen molar-refractivity contribution in [2.45, 2.75) is 6.92 Å². The van der Waals surface area contributed by atoms with Crippen molar-refractivity contribution in [1.82, 2.24) is 5.16 Å². The number of methoxy groups -OCH3 is 1. The zero-order chi connectivity index (χ0) is 15.9. The molecular weight excluding hydrogens is 290 g/mol. The zero-order valence-corrected chi connectivity index (χ0v) is 12.1. The minimum Gasteiger partial charge on any atom is -0.497 e. The second-order valence-electron chi connectivity index (χ2n) is 4.25. The van der Waals surface area contributed by atoms with Crippen molar-refractivity contribution in [3.8, 4) is 11.5 Å². The number of benzene rings is 1. The van der Waals surface area contributed by atoms with E-state index in [1.807, 2.05) is 0 Å². The highest BCUT2D eigenvalue weighted by atomic mass is 16.7. The summed E-state index contributed by atoms with van der Waals surface area (Å²) in [6.45, 7) is 1.63. The second kappa shape index (κ2) is 7.11. The van der Waals surface area contributed by atoms with Gasteiger partial charge in [-0.05, 0) is 31.2 Å². The average Bonchev–Trinajstić information content (AvgIpc) is 2.97. The van der Waals surface area contributed by atoms with Crippen LogP contribution in [0.2, 0.25) is 0 Å². The molecule has 2 rings (SSSR count). The van der Waals surface area contributed by atoms with Crippen LogP contribution in [0.1, 0.15) is 16.2 Å². The molecule has 1 heterocycles. The Labute approximate surface area is 126 Å². The van der Waals surface area contributed by atoms with E-state index in [2.05, 4.69) is 15.1 Å². The summed E-state index contributed by atoms with van der Waals surface area (Å²) in [5, 5.41) is 6.97. The van der Waals surface area contributed by atoms with Gasteiger partial charge in [-0.25, -0.2) is 4.79 Å². The predicted octanol–water partition coefficient (Wildman–Crippen LogP) is 1.50. The molecule has 0 aliphatic heterocycles. The molecule has 1 aromatic carbocycles. The van der Waals surface area contributed by atoms with Crippen molar-refractivity contribution in [1.29, 1.82) is 0 Å². The molecule has 2 aromatic rings. The normalized spacial score (nSPS) is 11.1. The van der Waals surface area contributed by atoms with E-state index in [1.165, 1.54) is 6.07 Å². The van der Waals surface area contributed by atoms with Crippen LogP contribution in [0, 0.1) is 6.92 Å². The number of amidine groups is 1. The molecular formula is C14H15N3O5. The molecule has 1 aromatic heterocycles. The molecule has 22 heavy (non-hydrogen) atoms. The van der Waals surface area contributed by atoms with Gasteiger partial charge >= 0.3 is 5.97 Å². The molecule has 8 heteroatoms. The Morgan fingerprint density at radius 3 is 2.59 bits per heavy atom. The van der Waals surface area contributed by atoms with Gasteiger partial charge in [0.2, 0.25) is 0 Å². The van der Waals surface area contributed by atoms with E-state index >= 15 is 0 Å². The molecule has 116 valence electrons. The first-order valence-corrected chi connectivity index (χ1v) is 6.32. The number of carbonyl (C=O) groups is 1. The number of carbonyl (C=O) groups excluding carboxylic acids is 1. The first-order valence-electron chi connectivity index (χ1n) is 6.32. The Balaban J connectivity index is 1.83. The zero-order valence-electron chi connectivity index (χ0n) is 12.1. The fourth-order valence-electron chi connectivity index (χ4n) is 1.47. The minimum absolute atomic E-state index is 0.00406. The molecule has 0 spiro atoms. The van der Waals surface area contributed by atoms with E-state index in [9.17, 15) is 4.79 Å². The van der Waals surface area contributed by atoms with Gasteiger partial charge in [0, 0.05) is 6.07 Å². The van der Waals surface area contributed by atoms with Crippen LogP contribution in [0.3, 0.4) is 0 Å². The van der Waals surface area contributed by atoms with E-state index in [4.69, 9.17) is 19.7 Å². The van der Waals surface area contributed by atoms with Crippen LogP contribution < -0.4 is 15.2 Å². The van der Waals surface area contributed by atoms with Gasteiger partial charge in [0.15, 0.2) is 11.5 Å². The summed E-state index contributed by atoms with van der Waals surface area (Å²) >= 11 is 0. The van der Waals surface area contributed by atoms with Crippen molar-refractivity contribution in [3.05, 3.63) is 41.8 Å². The highest BCUT2D eigenvalue weighted by Crippen LogP contribution is 2.16. The summed E-state index contributed by atoms with van der Waals surface area (Å²) in [4.78, 5) is 16.2. The molecule has 8 nitrogen and oxygen atoms in total. The largest absolute Gasteiger partial charge is 0.497 e. The molecule has 0 unspecified atom stereocenters. The molecule has 0 bridgehead atoms. The van der Waals surface area contributed by atoms with Crippen molar-refractivity contribution < 1.29 is 23.6 Å². The molecule has 0 aliphatic carbocycles. The molecule has 0 amide bonds. The quantitative estimate of drug-likeness (QED) is 0.373. The third-order valence-electron chi connectivity index (χ3n) is 2.53. The van der Waals surface area contributed by atoms with Crippen molar-refractivity contribution >= 4 is 11.8 Å². The Morgan fingerprint density at radius 2 is 2.00 bits per heavy atom. The fourth-order valence-corrected chi connectivity index (χ4v) is 1.47. The molecule has 0 saturated carbocycles. The summed E-state index contributed by atoms with van der Waals surface area (Å²) in [6, 6.07) is 8.36. The van der Waals surface area contributed by atoms with Crippen LogP contribution in [-0.2, 0) is 4.84 Å². The molecule has 0 atom stereocenters. The maximum absolute atomic E-state index is 11.5. The van der Waals surface area contributed by atoms with Crippen molar-refractivity contribution in [2.24, 2.45) is 10.9 Å². The smallest absolute Gasteiger partial charge is 0.387 e. The lowest BCUT2D eigenvalue weighted by molar-refractivity contribution is 0.0501. The standard InChI is InChI=1S/C14H15N3O5/c1-9-7-12(16-21-9)14(18)22-17-13(15)8-20-11-5-3-10(19-2)4-6-11/h3-7H,8H2,1-2H3,(H2,15,17). The second-order valence-corrected chi connectivity index (χ2v) is 4.25. The topological polar surface area (TPSA) is 109 Å².